The summed E-state index contributed by atoms with van der Waals surface area (Å²) in [6.07, 6.45) is 4.36. The Hall–Kier alpha value is -3.21. The third-order valence-corrected chi connectivity index (χ3v) is 6.20. The van der Waals surface area contributed by atoms with Crippen LogP contribution in [0.25, 0.3) is 10.3 Å². The summed E-state index contributed by atoms with van der Waals surface area (Å²) in [5.41, 5.74) is 0.0813. The van der Waals surface area contributed by atoms with Crippen molar-refractivity contribution in [2.24, 2.45) is 5.92 Å². The van der Waals surface area contributed by atoms with Gasteiger partial charge in [0.2, 0.25) is 11.8 Å². The van der Waals surface area contributed by atoms with Gasteiger partial charge in [0.15, 0.2) is 10.8 Å². The van der Waals surface area contributed by atoms with E-state index < -0.39 is 0 Å². The zero-order chi connectivity index (χ0) is 21.1. The summed E-state index contributed by atoms with van der Waals surface area (Å²) >= 11 is 1.27. The molecular weight excluding hydrogens is 408 g/mol. The molecule has 3 aromatic rings. The van der Waals surface area contributed by atoms with Crippen molar-refractivity contribution >= 4 is 38.6 Å². The fourth-order valence-electron chi connectivity index (χ4n) is 3.43. The summed E-state index contributed by atoms with van der Waals surface area (Å²) in [4.78, 5) is 47.6. The van der Waals surface area contributed by atoms with E-state index in [0.717, 1.165) is 12.8 Å². The number of anilines is 1. The van der Waals surface area contributed by atoms with Gasteiger partial charge in [-0.3, -0.25) is 19.0 Å². The SMILES string of the molecule is CNC(=O)C1CCN(c2nc3ncn(CC(=O)NCc4ccco4)c(=O)c3s2)CC1. The van der Waals surface area contributed by atoms with E-state index in [1.807, 2.05) is 0 Å². The van der Waals surface area contributed by atoms with Crippen LogP contribution in [0.5, 0.6) is 0 Å². The smallest absolute Gasteiger partial charge is 0.273 e. The van der Waals surface area contributed by atoms with Crippen LogP contribution in [-0.2, 0) is 22.7 Å². The molecule has 11 heteroatoms. The Balaban J connectivity index is 1.44. The minimum absolute atomic E-state index is 0.00988. The monoisotopic (exact) mass is 430 g/mol. The highest BCUT2D eigenvalue weighted by atomic mass is 32.1. The van der Waals surface area contributed by atoms with Gasteiger partial charge in [0.1, 0.15) is 23.3 Å². The number of aromatic nitrogens is 3. The number of hydrogen-bond donors (Lipinski definition) is 2. The van der Waals surface area contributed by atoms with Crippen LogP contribution in [-0.4, -0.2) is 46.5 Å². The number of nitrogens with one attached hydrogen (secondary N) is 2. The Morgan fingerprint density at radius 3 is 2.83 bits per heavy atom. The topological polar surface area (TPSA) is 122 Å². The zero-order valence-electron chi connectivity index (χ0n) is 16.5. The molecule has 0 saturated carbocycles. The number of carbonyl (C=O) groups is 2. The predicted molar refractivity (Wildman–Crippen MR) is 111 cm³/mol. The molecule has 3 aromatic heterocycles. The van der Waals surface area contributed by atoms with E-state index >= 15 is 0 Å². The fraction of sp³-hybridized carbons (Fsp3) is 0.421. The van der Waals surface area contributed by atoms with E-state index in [4.69, 9.17) is 4.42 Å². The molecule has 4 heterocycles. The fourth-order valence-corrected chi connectivity index (χ4v) is 4.45. The van der Waals surface area contributed by atoms with Crippen molar-refractivity contribution in [3.05, 3.63) is 40.8 Å². The van der Waals surface area contributed by atoms with E-state index in [-0.39, 0.29) is 36.4 Å². The second-order valence-electron chi connectivity index (χ2n) is 7.06. The van der Waals surface area contributed by atoms with Crippen LogP contribution in [0.4, 0.5) is 5.13 Å². The van der Waals surface area contributed by atoms with E-state index in [1.54, 1.807) is 19.2 Å². The molecule has 0 spiro atoms. The van der Waals surface area contributed by atoms with Crippen molar-refractivity contribution in [1.29, 1.82) is 0 Å². The first-order chi connectivity index (χ1) is 14.5. The third-order valence-electron chi connectivity index (χ3n) is 5.11. The lowest BCUT2D eigenvalue weighted by Gasteiger charge is -2.30. The molecule has 2 N–H and O–H groups in total. The van der Waals surface area contributed by atoms with Crippen molar-refractivity contribution in [1.82, 2.24) is 25.2 Å². The van der Waals surface area contributed by atoms with E-state index in [9.17, 15) is 14.4 Å². The number of furan rings is 1. The molecule has 0 radical (unpaired) electrons. The minimum Gasteiger partial charge on any atom is -0.467 e. The van der Waals surface area contributed by atoms with Crippen LogP contribution in [0.1, 0.15) is 18.6 Å². The quantitative estimate of drug-likeness (QED) is 0.591. The van der Waals surface area contributed by atoms with Gasteiger partial charge in [0.05, 0.1) is 12.8 Å². The average molecular weight is 430 g/mol. The summed E-state index contributed by atoms with van der Waals surface area (Å²) in [5.74, 6) is 0.400. The highest BCUT2D eigenvalue weighted by molar-refractivity contribution is 7.22. The number of rotatable bonds is 6. The van der Waals surface area contributed by atoms with E-state index in [0.29, 0.717) is 34.3 Å². The second-order valence-corrected chi connectivity index (χ2v) is 8.04. The van der Waals surface area contributed by atoms with Crippen LogP contribution in [0.15, 0.2) is 33.9 Å². The molecule has 1 aliphatic rings. The van der Waals surface area contributed by atoms with Gasteiger partial charge in [-0.2, -0.15) is 4.98 Å². The van der Waals surface area contributed by atoms with Crippen LogP contribution in [0, 0.1) is 5.92 Å². The molecule has 0 unspecified atom stereocenters. The second kappa shape index (κ2) is 8.66. The summed E-state index contributed by atoms with van der Waals surface area (Å²) in [7, 11) is 1.65. The molecule has 158 valence electrons. The van der Waals surface area contributed by atoms with Gasteiger partial charge in [-0.1, -0.05) is 11.3 Å². The molecule has 10 nitrogen and oxygen atoms in total. The number of nitrogens with zero attached hydrogens (tertiary/aromatic N) is 4. The first-order valence-electron chi connectivity index (χ1n) is 9.66. The molecule has 0 aromatic carbocycles. The van der Waals surface area contributed by atoms with Crippen molar-refractivity contribution in [3.63, 3.8) is 0 Å². The van der Waals surface area contributed by atoms with Crippen molar-refractivity contribution < 1.29 is 14.0 Å². The van der Waals surface area contributed by atoms with Crippen molar-refractivity contribution in [2.75, 3.05) is 25.0 Å². The summed E-state index contributed by atoms with van der Waals surface area (Å²) < 4.78 is 6.87. The summed E-state index contributed by atoms with van der Waals surface area (Å²) in [5, 5.41) is 6.12. The van der Waals surface area contributed by atoms with Gasteiger partial charge in [-0.15, -0.1) is 0 Å². The normalized spacial score (nSPS) is 14.8. The molecule has 1 saturated heterocycles. The first-order valence-corrected chi connectivity index (χ1v) is 10.5. The van der Waals surface area contributed by atoms with Crippen molar-refractivity contribution in [2.45, 2.75) is 25.9 Å². The van der Waals surface area contributed by atoms with Gasteiger partial charge < -0.3 is 20.0 Å². The molecular formula is C19H22N6O4S. The van der Waals surface area contributed by atoms with Gasteiger partial charge in [0.25, 0.3) is 5.56 Å². The standard InChI is InChI=1S/C19H22N6O4S/c1-20-17(27)12-4-6-24(7-5-12)19-23-16-15(30-19)18(28)25(11-22-16)10-14(26)21-9-13-3-2-8-29-13/h2-3,8,11-12H,4-7,9-10H2,1H3,(H,20,27)(H,21,26). The van der Waals surface area contributed by atoms with Crippen LogP contribution in [0.3, 0.4) is 0 Å². The van der Waals surface area contributed by atoms with Gasteiger partial charge in [-0.05, 0) is 25.0 Å². The molecule has 1 aliphatic heterocycles. The van der Waals surface area contributed by atoms with Crippen LogP contribution in [0.2, 0.25) is 0 Å². The Bertz CT molecular complexity index is 1100. The average Bonchev–Trinajstić information content (AvgIpc) is 3.44. The maximum absolute atomic E-state index is 12.8. The number of piperidine rings is 1. The van der Waals surface area contributed by atoms with Crippen LogP contribution >= 0.6 is 11.3 Å². The minimum atomic E-state index is -0.310. The van der Waals surface area contributed by atoms with Gasteiger partial charge >= 0.3 is 0 Å². The Morgan fingerprint density at radius 2 is 2.13 bits per heavy atom. The van der Waals surface area contributed by atoms with Gasteiger partial charge in [-0.25, -0.2) is 4.98 Å². The number of hydrogen-bond acceptors (Lipinski definition) is 8. The number of fused-ring (bicyclic) bond motifs is 1. The molecule has 0 aliphatic carbocycles. The largest absolute Gasteiger partial charge is 0.467 e. The third kappa shape index (κ3) is 4.20. The number of thiazole rings is 1. The predicted octanol–water partition coefficient (Wildman–Crippen LogP) is 0.725. The Kier molecular flexibility index (Phi) is 5.79. The molecule has 0 bridgehead atoms. The van der Waals surface area contributed by atoms with Gasteiger partial charge in [0, 0.05) is 26.1 Å². The lowest BCUT2D eigenvalue weighted by Crippen LogP contribution is -2.39. The van der Waals surface area contributed by atoms with Crippen LogP contribution < -0.4 is 21.1 Å². The molecule has 1 fully saturated rings. The Labute approximate surface area is 175 Å². The highest BCUT2D eigenvalue weighted by Gasteiger charge is 2.26. The summed E-state index contributed by atoms with van der Waals surface area (Å²) in [6, 6.07) is 3.50. The summed E-state index contributed by atoms with van der Waals surface area (Å²) in [6.45, 7) is 1.52. The number of carbonyl (C=O) groups excluding carboxylic acids is 2. The molecule has 30 heavy (non-hydrogen) atoms. The molecule has 4 rings (SSSR count). The Morgan fingerprint density at radius 1 is 1.33 bits per heavy atom. The lowest BCUT2D eigenvalue weighted by atomic mass is 9.96. The first kappa shape index (κ1) is 20.1. The zero-order valence-corrected chi connectivity index (χ0v) is 17.3. The van der Waals surface area contributed by atoms with E-state index in [1.165, 1.54) is 28.5 Å². The van der Waals surface area contributed by atoms with Crippen molar-refractivity contribution in [3.8, 4) is 0 Å². The highest BCUT2D eigenvalue weighted by Crippen LogP contribution is 2.29. The molecule has 0 atom stereocenters. The maximum Gasteiger partial charge on any atom is 0.273 e. The lowest BCUT2D eigenvalue weighted by molar-refractivity contribution is -0.125. The maximum atomic E-state index is 12.8. The number of amides is 2. The van der Waals surface area contributed by atoms with E-state index in [2.05, 4.69) is 25.5 Å². The molecule has 2 amide bonds.